The van der Waals surface area contributed by atoms with Crippen LogP contribution in [0.3, 0.4) is 0 Å². The molecule has 0 unspecified atom stereocenters. The Kier molecular flexibility index (Phi) is 5.93. The number of aryl methyl sites for hydroxylation is 2. The molecule has 3 fully saturated rings. The largest absolute Gasteiger partial charge is 0.371 e. The Morgan fingerprint density at radius 1 is 1.00 bits per heavy atom. The van der Waals surface area contributed by atoms with E-state index in [0.29, 0.717) is 22.6 Å². The maximum Gasteiger partial charge on any atom is 0.261 e. The van der Waals surface area contributed by atoms with Gasteiger partial charge in [0, 0.05) is 50.5 Å². The highest BCUT2D eigenvalue weighted by atomic mass is 79.9. The van der Waals surface area contributed by atoms with Crippen LogP contribution in [0, 0.1) is 12.3 Å². The lowest BCUT2D eigenvalue weighted by Gasteiger charge is -2.35. The van der Waals surface area contributed by atoms with Crippen LogP contribution in [-0.2, 0) is 7.05 Å². The third-order valence-electron chi connectivity index (χ3n) is 8.29. The number of carbonyl (C=O) groups excluding carboxylic acids is 1. The molecule has 6 rings (SSSR count). The quantitative estimate of drug-likeness (QED) is 0.421. The average Bonchev–Trinajstić information content (AvgIpc) is 3.49. The molecule has 0 bridgehead atoms. The van der Waals surface area contributed by atoms with Gasteiger partial charge < -0.3 is 19.7 Å². The molecule has 2 aromatic heterocycles. The number of benzene rings is 1. The van der Waals surface area contributed by atoms with E-state index >= 15 is 0 Å². The van der Waals surface area contributed by atoms with Gasteiger partial charge in [-0.1, -0.05) is 0 Å². The molecule has 1 aromatic carbocycles. The molecule has 7 nitrogen and oxygen atoms in total. The highest BCUT2D eigenvalue weighted by Crippen LogP contribution is 2.54. The lowest BCUT2D eigenvalue weighted by molar-refractivity contribution is -0.0221. The van der Waals surface area contributed by atoms with Crippen molar-refractivity contribution in [1.82, 2.24) is 14.5 Å². The predicted octanol–water partition coefficient (Wildman–Crippen LogP) is 5.91. The molecule has 0 atom stereocenters. The smallest absolute Gasteiger partial charge is 0.261 e. The van der Waals surface area contributed by atoms with Crippen LogP contribution in [0.15, 0.2) is 29.0 Å². The molecule has 1 aliphatic carbocycles. The van der Waals surface area contributed by atoms with Crippen LogP contribution in [-0.4, -0.2) is 52.5 Å². The maximum atomic E-state index is 13.9. The number of halogens is 3. The number of amides is 1. The first kappa shape index (κ1) is 24.6. The van der Waals surface area contributed by atoms with Crippen LogP contribution in [0.2, 0.25) is 0 Å². The molecular weight excluding hydrogens is 542 g/mol. The van der Waals surface area contributed by atoms with Crippen LogP contribution >= 0.6 is 15.9 Å². The molecule has 3 aromatic rings. The van der Waals surface area contributed by atoms with Gasteiger partial charge in [-0.3, -0.25) is 4.79 Å². The first-order chi connectivity index (χ1) is 17.6. The van der Waals surface area contributed by atoms with Crippen molar-refractivity contribution in [2.45, 2.75) is 51.4 Å². The zero-order chi connectivity index (χ0) is 25.9. The zero-order valence-electron chi connectivity index (χ0n) is 21.2. The number of carbonyl (C=O) groups is 1. The number of pyridine rings is 1. The third-order valence-corrected chi connectivity index (χ3v) is 8.89. The molecule has 4 heterocycles. The topological polar surface area (TPSA) is 66.3 Å². The average molecular weight is 573 g/mol. The van der Waals surface area contributed by atoms with Crippen LogP contribution in [0.5, 0.6) is 0 Å². The summed E-state index contributed by atoms with van der Waals surface area (Å²) in [7, 11) is 1.90. The summed E-state index contributed by atoms with van der Waals surface area (Å²) in [4.78, 5) is 27.3. The zero-order valence-corrected chi connectivity index (χ0v) is 22.7. The van der Waals surface area contributed by atoms with E-state index in [-0.39, 0.29) is 31.8 Å². The number of fused-ring (bicyclic) bond motifs is 1. The van der Waals surface area contributed by atoms with Crippen molar-refractivity contribution in [2.24, 2.45) is 12.5 Å². The normalized spacial score (nSPS) is 20.5. The van der Waals surface area contributed by atoms with Crippen LogP contribution in [0.25, 0.3) is 11.0 Å². The number of piperidine rings is 2. The molecule has 0 radical (unpaired) electrons. The number of anilines is 3. The van der Waals surface area contributed by atoms with Gasteiger partial charge >= 0.3 is 0 Å². The van der Waals surface area contributed by atoms with E-state index in [2.05, 4.69) is 36.1 Å². The van der Waals surface area contributed by atoms with Crippen molar-refractivity contribution in [1.29, 1.82) is 0 Å². The van der Waals surface area contributed by atoms with Crippen LogP contribution in [0.4, 0.5) is 26.1 Å². The van der Waals surface area contributed by atoms with Gasteiger partial charge in [-0.25, -0.2) is 18.7 Å². The van der Waals surface area contributed by atoms with Crippen LogP contribution in [0.1, 0.15) is 54.4 Å². The lowest BCUT2D eigenvalue weighted by Crippen LogP contribution is -2.39. The summed E-state index contributed by atoms with van der Waals surface area (Å²) >= 11 is 3.68. The van der Waals surface area contributed by atoms with E-state index in [1.807, 2.05) is 41.6 Å². The van der Waals surface area contributed by atoms with E-state index in [4.69, 9.17) is 0 Å². The summed E-state index contributed by atoms with van der Waals surface area (Å²) in [6.45, 7) is 4.23. The number of alkyl halides is 2. The van der Waals surface area contributed by atoms with Crippen molar-refractivity contribution in [3.05, 3.63) is 40.1 Å². The number of imidazole rings is 1. The SMILES string of the molecule is Cc1cc(NC(=O)c2c(N3CCC4(CC3)CC4)cc(Br)c3ncn(C)c23)nc(N2CCC(F)(F)CC2)c1. The van der Waals surface area contributed by atoms with Gasteiger partial charge in [0.2, 0.25) is 0 Å². The first-order valence-corrected chi connectivity index (χ1v) is 13.7. The molecule has 10 heteroatoms. The summed E-state index contributed by atoms with van der Waals surface area (Å²) in [5.41, 5.74) is 4.39. The molecule has 3 aliphatic rings. The van der Waals surface area contributed by atoms with Gasteiger partial charge in [0.05, 0.1) is 23.1 Å². The number of hydrogen-bond acceptors (Lipinski definition) is 5. The number of nitrogens with zero attached hydrogens (tertiary/aromatic N) is 5. The lowest BCUT2D eigenvalue weighted by atomic mass is 9.93. The van der Waals surface area contributed by atoms with Gasteiger partial charge in [-0.05, 0) is 77.7 Å². The molecular formula is C27H31BrF2N6O. The fourth-order valence-electron chi connectivity index (χ4n) is 5.77. The second kappa shape index (κ2) is 8.92. The predicted molar refractivity (Wildman–Crippen MR) is 145 cm³/mol. The Bertz CT molecular complexity index is 1360. The van der Waals surface area contributed by atoms with Gasteiger partial charge in [0.1, 0.15) is 17.2 Å². The fourth-order valence-corrected chi connectivity index (χ4v) is 6.28. The monoisotopic (exact) mass is 572 g/mol. The Morgan fingerprint density at radius 3 is 2.35 bits per heavy atom. The van der Waals surface area contributed by atoms with E-state index in [0.717, 1.165) is 52.7 Å². The van der Waals surface area contributed by atoms with Crippen molar-refractivity contribution in [2.75, 3.05) is 41.3 Å². The summed E-state index contributed by atoms with van der Waals surface area (Å²) < 4.78 is 30.1. The third kappa shape index (κ3) is 4.69. The van der Waals surface area contributed by atoms with Gasteiger partial charge in [0.15, 0.2) is 0 Å². The number of rotatable bonds is 4. The Hall–Kier alpha value is -2.75. The minimum Gasteiger partial charge on any atom is -0.371 e. The van der Waals surface area contributed by atoms with E-state index < -0.39 is 5.92 Å². The summed E-state index contributed by atoms with van der Waals surface area (Å²) in [6, 6.07) is 5.71. The number of nitrogens with one attached hydrogen (secondary N) is 1. The summed E-state index contributed by atoms with van der Waals surface area (Å²) in [5.74, 6) is -1.86. The molecule has 1 N–H and O–H groups in total. The maximum absolute atomic E-state index is 13.9. The van der Waals surface area contributed by atoms with Gasteiger partial charge in [-0.15, -0.1) is 0 Å². The minimum absolute atomic E-state index is 0.192. The molecule has 1 saturated carbocycles. The first-order valence-electron chi connectivity index (χ1n) is 12.9. The summed E-state index contributed by atoms with van der Waals surface area (Å²) in [6.07, 6.45) is 6.26. The van der Waals surface area contributed by atoms with Gasteiger partial charge in [-0.2, -0.15) is 0 Å². The second-order valence-corrected chi connectivity index (χ2v) is 11.8. The fraction of sp³-hybridized carbons (Fsp3) is 0.519. The Morgan fingerprint density at radius 2 is 1.68 bits per heavy atom. The Labute approximate surface area is 223 Å². The molecule has 1 spiro atoms. The molecule has 2 aliphatic heterocycles. The number of aromatic nitrogens is 3. The van der Waals surface area contributed by atoms with Crippen molar-refractivity contribution in [3.8, 4) is 0 Å². The standard InChI is InChI=1S/C27H31BrF2N6O/c1-17-13-20(32-21(14-17)36-11-7-27(29,30)8-12-36)33-25(37)22-19(35-9-5-26(3-4-26)6-10-35)15-18(28)23-24(22)34(2)16-31-23/h13-16H,3-12H2,1-2H3,(H,32,33,37). The molecule has 196 valence electrons. The van der Waals surface area contributed by atoms with Gasteiger partial charge in [0.25, 0.3) is 11.8 Å². The molecule has 1 amide bonds. The number of hydrogen-bond donors (Lipinski definition) is 1. The van der Waals surface area contributed by atoms with Crippen molar-refractivity contribution >= 4 is 50.2 Å². The minimum atomic E-state index is -2.63. The summed E-state index contributed by atoms with van der Waals surface area (Å²) in [5, 5.41) is 3.02. The highest BCUT2D eigenvalue weighted by molar-refractivity contribution is 9.10. The highest BCUT2D eigenvalue weighted by Gasteiger charge is 2.45. The van der Waals surface area contributed by atoms with E-state index in [1.54, 1.807) is 6.33 Å². The molecule has 2 saturated heterocycles. The van der Waals surface area contributed by atoms with E-state index in [9.17, 15) is 13.6 Å². The van der Waals surface area contributed by atoms with Crippen LogP contribution < -0.4 is 15.1 Å². The second-order valence-electron chi connectivity index (χ2n) is 11.0. The molecule has 37 heavy (non-hydrogen) atoms. The van der Waals surface area contributed by atoms with Crippen molar-refractivity contribution < 1.29 is 13.6 Å². The Balaban J connectivity index is 1.33. The van der Waals surface area contributed by atoms with Crippen molar-refractivity contribution in [3.63, 3.8) is 0 Å². The van der Waals surface area contributed by atoms with E-state index in [1.165, 1.54) is 12.8 Å².